The van der Waals surface area contributed by atoms with Crippen LogP contribution in [-0.2, 0) is 4.74 Å². The van der Waals surface area contributed by atoms with E-state index in [2.05, 4.69) is 5.32 Å². The van der Waals surface area contributed by atoms with Crippen LogP contribution in [0.4, 0.5) is 9.18 Å². The van der Waals surface area contributed by atoms with E-state index in [-0.39, 0.29) is 18.4 Å². The topological polar surface area (TPSA) is 64.3 Å². The maximum absolute atomic E-state index is 13.5. The second-order valence-electron chi connectivity index (χ2n) is 5.34. The number of rotatable bonds is 1. The van der Waals surface area contributed by atoms with E-state index >= 15 is 0 Å². The molecule has 3 atom stereocenters. The van der Waals surface area contributed by atoms with E-state index in [9.17, 15) is 9.18 Å². The van der Waals surface area contributed by atoms with Gasteiger partial charge in [0.15, 0.2) is 0 Å². The lowest BCUT2D eigenvalue weighted by Gasteiger charge is -2.31. The standard InChI is InChI=1S/C11H21FN2O2.ClH/c1-11(2,3)16-10(15)14-9-5-4-7(13)6-8(9)12;/h7-9H,4-6,13H2,1-3H3,(H,14,15);1H. The van der Waals surface area contributed by atoms with Crippen LogP contribution < -0.4 is 11.1 Å². The molecule has 1 rings (SSSR count). The molecule has 0 saturated heterocycles. The lowest BCUT2D eigenvalue weighted by atomic mass is 9.90. The van der Waals surface area contributed by atoms with Crippen molar-refractivity contribution in [1.82, 2.24) is 5.32 Å². The number of alkyl halides is 1. The zero-order valence-electron chi connectivity index (χ0n) is 10.5. The molecular formula is C11H22ClFN2O2. The normalized spacial score (nSPS) is 29.1. The number of ether oxygens (including phenoxy) is 1. The number of amides is 1. The highest BCUT2D eigenvalue weighted by Crippen LogP contribution is 2.21. The molecule has 102 valence electrons. The molecule has 1 aliphatic rings. The van der Waals surface area contributed by atoms with Crippen molar-refractivity contribution in [3.05, 3.63) is 0 Å². The Morgan fingerprint density at radius 1 is 1.41 bits per heavy atom. The number of halogens is 2. The summed E-state index contributed by atoms with van der Waals surface area (Å²) in [6.07, 6.45) is -0.0185. The minimum Gasteiger partial charge on any atom is -0.444 e. The van der Waals surface area contributed by atoms with Crippen LogP contribution in [0, 0.1) is 0 Å². The van der Waals surface area contributed by atoms with Gasteiger partial charge in [-0.3, -0.25) is 0 Å². The maximum Gasteiger partial charge on any atom is 0.407 e. The van der Waals surface area contributed by atoms with E-state index in [1.54, 1.807) is 20.8 Å². The molecule has 0 aromatic carbocycles. The molecule has 4 nitrogen and oxygen atoms in total. The van der Waals surface area contributed by atoms with Gasteiger partial charge in [0.2, 0.25) is 0 Å². The third-order valence-corrected chi connectivity index (χ3v) is 2.52. The molecule has 3 unspecified atom stereocenters. The fourth-order valence-electron chi connectivity index (χ4n) is 1.77. The van der Waals surface area contributed by atoms with Crippen molar-refractivity contribution in [2.24, 2.45) is 5.73 Å². The quantitative estimate of drug-likeness (QED) is 0.766. The number of alkyl carbamates (subject to hydrolysis) is 1. The average Bonchev–Trinajstić information content (AvgIpc) is 2.06. The van der Waals surface area contributed by atoms with Crippen molar-refractivity contribution in [3.8, 4) is 0 Å². The molecule has 0 aromatic rings. The molecule has 0 spiro atoms. The largest absolute Gasteiger partial charge is 0.444 e. The summed E-state index contributed by atoms with van der Waals surface area (Å²) >= 11 is 0. The van der Waals surface area contributed by atoms with Crippen LogP contribution in [-0.4, -0.2) is 29.9 Å². The van der Waals surface area contributed by atoms with Gasteiger partial charge >= 0.3 is 6.09 Å². The van der Waals surface area contributed by atoms with Crippen LogP contribution in [0.5, 0.6) is 0 Å². The van der Waals surface area contributed by atoms with Gasteiger partial charge in [-0.15, -0.1) is 12.4 Å². The van der Waals surface area contributed by atoms with Crippen molar-refractivity contribution >= 4 is 18.5 Å². The summed E-state index contributed by atoms with van der Waals surface area (Å²) in [7, 11) is 0. The molecule has 0 heterocycles. The molecule has 6 heteroatoms. The Labute approximate surface area is 108 Å². The van der Waals surface area contributed by atoms with Gasteiger partial charge in [-0.05, 0) is 40.0 Å². The summed E-state index contributed by atoms with van der Waals surface area (Å²) in [5.74, 6) is 0. The first-order chi connectivity index (χ1) is 7.28. The predicted molar refractivity (Wildman–Crippen MR) is 67.1 cm³/mol. The highest BCUT2D eigenvalue weighted by molar-refractivity contribution is 5.85. The number of nitrogens with one attached hydrogen (secondary N) is 1. The minimum atomic E-state index is -1.07. The van der Waals surface area contributed by atoms with Gasteiger partial charge in [0.1, 0.15) is 11.8 Å². The zero-order valence-corrected chi connectivity index (χ0v) is 11.3. The van der Waals surface area contributed by atoms with Gasteiger partial charge in [0.05, 0.1) is 6.04 Å². The molecule has 17 heavy (non-hydrogen) atoms. The molecule has 3 N–H and O–H groups in total. The Morgan fingerprint density at radius 3 is 2.47 bits per heavy atom. The van der Waals surface area contributed by atoms with Crippen molar-refractivity contribution in [2.45, 2.75) is 63.9 Å². The monoisotopic (exact) mass is 268 g/mol. The van der Waals surface area contributed by atoms with Gasteiger partial charge in [0.25, 0.3) is 0 Å². The Kier molecular flexibility index (Phi) is 6.19. The summed E-state index contributed by atoms with van der Waals surface area (Å²) in [6, 6.07) is -0.554. The highest BCUT2D eigenvalue weighted by atomic mass is 35.5. The third-order valence-electron chi connectivity index (χ3n) is 2.52. The summed E-state index contributed by atoms with van der Waals surface area (Å²) in [4.78, 5) is 11.4. The molecule has 1 saturated carbocycles. The zero-order chi connectivity index (χ0) is 12.3. The van der Waals surface area contributed by atoms with Crippen LogP contribution in [0.25, 0.3) is 0 Å². The number of hydrogen-bond donors (Lipinski definition) is 2. The first kappa shape index (κ1) is 16.4. The van der Waals surface area contributed by atoms with E-state index in [1.807, 2.05) is 0 Å². The van der Waals surface area contributed by atoms with Crippen LogP contribution in [0.2, 0.25) is 0 Å². The predicted octanol–water partition coefficient (Wildman–Crippen LogP) is 2.15. The van der Waals surface area contributed by atoms with E-state index < -0.39 is 23.9 Å². The fraction of sp³-hybridized carbons (Fsp3) is 0.909. The second kappa shape index (κ2) is 6.40. The van der Waals surface area contributed by atoms with Crippen LogP contribution in [0.15, 0.2) is 0 Å². The summed E-state index contributed by atoms with van der Waals surface area (Å²) in [6.45, 7) is 5.32. The van der Waals surface area contributed by atoms with E-state index in [0.717, 1.165) is 6.42 Å². The number of carbonyl (C=O) groups excluding carboxylic acids is 1. The van der Waals surface area contributed by atoms with Crippen molar-refractivity contribution < 1.29 is 13.9 Å². The first-order valence-electron chi connectivity index (χ1n) is 5.67. The van der Waals surface area contributed by atoms with Gasteiger partial charge in [-0.2, -0.15) is 0 Å². The third kappa shape index (κ3) is 6.07. The van der Waals surface area contributed by atoms with Crippen molar-refractivity contribution in [2.75, 3.05) is 0 Å². The fourth-order valence-corrected chi connectivity index (χ4v) is 1.77. The minimum absolute atomic E-state index is 0. The van der Waals surface area contributed by atoms with Gasteiger partial charge in [-0.25, -0.2) is 9.18 Å². The lowest BCUT2D eigenvalue weighted by molar-refractivity contribution is 0.0445. The van der Waals surface area contributed by atoms with Gasteiger partial charge in [-0.1, -0.05) is 0 Å². The molecular weight excluding hydrogens is 247 g/mol. The molecule has 1 fully saturated rings. The van der Waals surface area contributed by atoms with E-state index in [0.29, 0.717) is 12.8 Å². The number of nitrogens with two attached hydrogens (primary N) is 1. The first-order valence-corrected chi connectivity index (χ1v) is 5.67. The van der Waals surface area contributed by atoms with Gasteiger partial charge in [0, 0.05) is 6.04 Å². The Hall–Kier alpha value is -0.550. The maximum atomic E-state index is 13.5. The van der Waals surface area contributed by atoms with E-state index in [4.69, 9.17) is 10.5 Å². The van der Waals surface area contributed by atoms with Crippen LogP contribution in [0.3, 0.4) is 0 Å². The van der Waals surface area contributed by atoms with Crippen LogP contribution >= 0.6 is 12.4 Å². The Balaban J connectivity index is 0.00000256. The van der Waals surface area contributed by atoms with Crippen molar-refractivity contribution in [1.29, 1.82) is 0 Å². The molecule has 1 aliphatic carbocycles. The SMILES string of the molecule is CC(C)(C)OC(=O)NC1CCC(N)CC1F.Cl. The highest BCUT2D eigenvalue weighted by Gasteiger charge is 2.31. The summed E-state index contributed by atoms with van der Waals surface area (Å²) < 4.78 is 18.6. The number of hydrogen-bond acceptors (Lipinski definition) is 3. The molecule has 1 amide bonds. The van der Waals surface area contributed by atoms with E-state index in [1.165, 1.54) is 0 Å². The second-order valence-corrected chi connectivity index (χ2v) is 5.34. The Morgan fingerprint density at radius 2 is 2.00 bits per heavy atom. The average molecular weight is 269 g/mol. The van der Waals surface area contributed by atoms with Crippen molar-refractivity contribution in [3.63, 3.8) is 0 Å². The molecule has 0 aromatic heterocycles. The smallest absolute Gasteiger partial charge is 0.407 e. The molecule has 0 radical (unpaired) electrons. The molecule has 0 aliphatic heterocycles. The number of carbonyl (C=O) groups is 1. The Bertz CT molecular complexity index is 258. The summed E-state index contributed by atoms with van der Waals surface area (Å²) in [5.41, 5.74) is 5.08. The van der Waals surface area contributed by atoms with Gasteiger partial charge < -0.3 is 15.8 Å². The lowest BCUT2D eigenvalue weighted by Crippen LogP contribution is -2.49. The molecule has 0 bridgehead atoms. The summed E-state index contributed by atoms with van der Waals surface area (Å²) in [5, 5.41) is 2.55. The van der Waals surface area contributed by atoms with Crippen LogP contribution in [0.1, 0.15) is 40.0 Å².